The summed E-state index contributed by atoms with van der Waals surface area (Å²) in [6.07, 6.45) is 0.360. The van der Waals surface area contributed by atoms with Gasteiger partial charge in [-0.1, -0.05) is 36.4 Å². The van der Waals surface area contributed by atoms with Gasteiger partial charge in [0, 0.05) is 28.8 Å². The SMILES string of the molecule is COS(=O)(=O)CCCOCc1cc(N)cc(Nc2c3ccccc3nc3ccccc23)c1. The van der Waals surface area contributed by atoms with Crippen LogP contribution in [-0.4, -0.2) is 32.9 Å². The first kappa shape index (κ1) is 22.0. The van der Waals surface area contributed by atoms with Crippen molar-refractivity contribution in [1.29, 1.82) is 0 Å². The molecule has 0 atom stereocenters. The summed E-state index contributed by atoms with van der Waals surface area (Å²) in [7, 11) is -2.30. The highest BCUT2D eigenvalue weighted by molar-refractivity contribution is 7.86. The predicted octanol–water partition coefficient (Wildman–Crippen LogP) is 4.60. The van der Waals surface area contributed by atoms with Gasteiger partial charge in [-0.3, -0.25) is 4.18 Å². The van der Waals surface area contributed by atoms with Crippen LogP contribution in [0.3, 0.4) is 0 Å². The molecule has 0 unspecified atom stereocenters. The first-order chi connectivity index (χ1) is 15.4. The van der Waals surface area contributed by atoms with E-state index in [4.69, 9.17) is 15.5 Å². The Hall–Kier alpha value is -3.20. The first-order valence-electron chi connectivity index (χ1n) is 10.3. The van der Waals surface area contributed by atoms with Gasteiger partial charge in [0.25, 0.3) is 10.1 Å². The van der Waals surface area contributed by atoms with Crippen molar-refractivity contribution in [2.45, 2.75) is 13.0 Å². The maximum absolute atomic E-state index is 11.4. The normalized spacial score (nSPS) is 11.8. The van der Waals surface area contributed by atoms with E-state index >= 15 is 0 Å². The van der Waals surface area contributed by atoms with Gasteiger partial charge in [-0.2, -0.15) is 8.42 Å². The van der Waals surface area contributed by atoms with Crippen LogP contribution < -0.4 is 11.1 Å². The smallest absolute Gasteiger partial charge is 0.267 e. The second-order valence-corrected chi connectivity index (χ2v) is 9.30. The Morgan fingerprint density at radius 1 is 0.969 bits per heavy atom. The fraction of sp³-hybridized carbons (Fsp3) is 0.208. The van der Waals surface area contributed by atoms with Gasteiger partial charge in [0.2, 0.25) is 0 Å². The molecule has 0 aliphatic carbocycles. The number of ether oxygens (including phenoxy) is 1. The van der Waals surface area contributed by atoms with Crippen molar-refractivity contribution in [1.82, 2.24) is 4.98 Å². The van der Waals surface area contributed by atoms with E-state index in [1.54, 1.807) is 0 Å². The van der Waals surface area contributed by atoms with E-state index in [0.29, 0.717) is 25.3 Å². The molecule has 3 N–H and O–H groups in total. The first-order valence-corrected chi connectivity index (χ1v) is 11.8. The van der Waals surface area contributed by atoms with E-state index in [0.717, 1.165) is 45.9 Å². The number of anilines is 3. The molecular formula is C24H25N3O4S. The van der Waals surface area contributed by atoms with Crippen molar-refractivity contribution >= 4 is 49.0 Å². The summed E-state index contributed by atoms with van der Waals surface area (Å²) in [5.41, 5.74) is 11.3. The molecule has 0 amide bonds. The molecule has 0 fully saturated rings. The van der Waals surface area contributed by atoms with Crippen LogP contribution in [0.2, 0.25) is 0 Å². The van der Waals surface area contributed by atoms with Crippen molar-refractivity contribution in [2.24, 2.45) is 0 Å². The lowest BCUT2D eigenvalue weighted by molar-refractivity contribution is 0.121. The average Bonchev–Trinajstić information content (AvgIpc) is 2.78. The third kappa shape index (κ3) is 5.16. The maximum atomic E-state index is 11.4. The molecule has 8 heteroatoms. The Labute approximate surface area is 187 Å². The molecule has 0 aliphatic rings. The standard InChI is InChI=1S/C24H25N3O4S/c1-30-32(28,29)12-6-11-31-16-17-13-18(25)15-19(14-17)26-24-20-7-2-4-9-22(20)27-23-10-5-3-8-21(23)24/h2-5,7-10,13-15H,6,11-12,16,25H2,1H3,(H,26,27). The lowest BCUT2D eigenvalue weighted by atomic mass is 10.1. The quantitative estimate of drug-likeness (QED) is 0.166. The van der Waals surface area contributed by atoms with Gasteiger partial charge in [0.05, 0.1) is 36.2 Å². The monoisotopic (exact) mass is 451 g/mol. The van der Waals surface area contributed by atoms with Crippen LogP contribution >= 0.6 is 0 Å². The zero-order chi connectivity index (χ0) is 22.6. The van der Waals surface area contributed by atoms with Crippen molar-refractivity contribution in [2.75, 3.05) is 30.5 Å². The number of para-hydroxylation sites is 2. The van der Waals surface area contributed by atoms with E-state index in [1.807, 2.05) is 66.7 Å². The van der Waals surface area contributed by atoms with Gasteiger partial charge in [-0.25, -0.2) is 4.98 Å². The molecule has 166 valence electrons. The number of pyridine rings is 1. The summed E-state index contributed by atoms with van der Waals surface area (Å²) < 4.78 is 32.8. The average molecular weight is 452 g/mol. The number of fused-ring (bicyclic) bond motifs is 2. The summed E-state index contributed by atoms with van der Waals surface area (Å²) in [6, 6.07) is 21.7. The predicted molar refractivity (Wildman–Crippen MR) is 128 cm³/mol. The minimum atomic E-state index is -3.46. The summed E-state index contributed by atoms with van der Waals surface area (Å²) in [5, 5.41) is 5.57. The number of hydrogen-bond donors (Lipinski definition) is 2. The number of nitrogen functional groups attached to an aromatic ring is 1. The van der Waals surface area contributed by atoms with Crippen LogP contribution in [0.5, 0.6) is 0 Å². The van der Waals surface area contributed by atoms with E-state index in [1.165, 1.54) is 0 Å². The molecule has 0 aliphatic heterocycles. The van der Waals surface area contributed by atoms with E-state index < -0.39 is 10.1 Å². The summed E-state index contributed by atoms with van der Waals surface area (Å²) in [6.45, 7) is 0.629. The summed E-state index contributed by atoms with van der Waals surface area (Å²) in [5.74, 6) is -0.0740. The van der Waals surface area contributed by atoms with Crippen molar-refractivity contribution in [3.8, 4) is 0 Å². The van der Waals surface area contributed by atoms with Crippen molar-refractivity contribution < 1.29 is 17.3 Å². The Morgan fingerprint density at radius 2 is 1.62 bits per heavy atom. The molecule has 0 saturated heterocycles. The zero-order valence-corrected chi connectivity index (χ0v) is 18.6. The Balaban J connectivity index is 1.55. The highest BCUT2D eigenvalue weighted by atomic mass is 32.2. The second-order valence-electron chi connectivity index (χ2n) is 7.44. The minimum absolute atomic E-state index is 0.0740. The number of rotatable bonds is 9. The molecule has 1 aromatic heterocycles. The second kappa shape index (κ2) is 9.52. The molecule has 7 nitrogen and oxygen atoms in total. The topological polar surface area (TPSA) is 104 Å². The number of hydrogen-bond acceptors (Lipinski definition) is 7. The van der Waals surface area contributed by atoms with Crippen molar-refractivity contribution in [3.05, 3.63) is 72.3 Å². The minimum Gasteiger partial charge on any atom is -0.399 e. The largest absolute Gasteiger partial charge is 0.399 e. The molecule has 4 rings (SSSR count). The van der Waals surface area contributed by atoms with Crippen LogP contribution in [0, 0.1) is 0 Å². The lowest BCUT2D eigenvalue weighted by Crippen LogP contribution is -2.10. The highest BCUT2D eigenvalue weighted by Gasteiger charge is 2.11. The summed E-state index contributed by atoms with van der Waals surface area (Å²) >= 11 is 0. The molecular weight excluding hydrogens is 426 g/mol. The van der Waals surface area contributed by atoms with E-state index in [-0.39, 0.29) is 5.75 Å². The highest BCUT2D eigenvalue weighted by Crippen LogP contribution is 2.33. The molecule has 0 radical (unpaired) electrons. The third-order valence-electron chi connectivity index (χ3n) is 5.08. The zero-order valence-electron chi connectivity index (χ0n) is 17.7. The van der Waals surface area contributed by atoms with Gasteiger partial charge in [-0.15, -0.1) is 0 Å². The number of nitrogens with zero attached hydrogens (tertiary/aromatic N) is 1. The van der Waals surface area contributed by atoms with Crippen LogP contribution in [0.1, 0.15) is 12.0 Å². The van der Waals surface area contributed by atoms with Crippen LogP contribution in [0.4, 0.5) is 17.1 Å². The Kier molecular flexibility index (Phi) is 6.55. The fourth-order valence-corrected chi connectivity index (χ4v) is 4.24. The van der Waals surface area contributed by atoms with Gasteiger partial charge in [0.15, 0.2) is 0 Å². The third-order valence-corrected chi connectivity index (χ3v) is 6.37. The van der Waals surface area contributed by atoms with Gasteiger partial charge in [0.1, 0.15) is 0 Å². The van der Waals surface area contributed by atoms with E-state index in [2.05, 4.69) is 9.50 Å². The molecule has 1 heterocycles. The Morgan fingerprint density at radius 3 is 2.28 bits per heavy atom. The fourth-order valence-electron chi connectivity index (χ4n) is 3.60. The number of nitrogens with two attached hydrogens (primary N) is 1. The number of nitrogens with one attached hydrogen (secondary N) is 1. The number of aromatic nitrogens is 1. The molecule has 32 heavy (non-hydrogen) atoms. The molecule has 3 aromatic carbocycles. The van der Waals surface area contributed by atoms with Crippen LogP contribution in [0.25, 0.3) is 21.8 Å². The van der Waals surface area contributed by atoms with E-state index in [9.17, 15) is 8.42 Å². The number of benzene rings is 3. The van der Waals surface area contributed by atoms with Crippen LogP contribution in [-0.2, 0) is 25.6 Å². The molecule has 0 saturated carbocycles. The summed E-state index contributed by atoms with van der Waals surface area (Å²) in [4.78, 5) is 4.76. The molecule has 0 spiro atoms. The molecule has 0 bridgehead atoms. The molecule has 4 aromatic rings. The maximum Gasteiger partial charge on any atom is 0.267 e. The van der Waals surface area contributed by atoms with Crippen molar-refractivity contribution in [3.63, 3.8) is 0 Å². The van der Waals surface area contributed by atoms with Crippen LogP contribution in [0.15, 0.2) is 66.7 Å². The van der Waals surface area contributed by atoms with Gasteiger partial charge in [-0.05, 0) is 42.3 Å². The lowest BCUT2D eigenvalue weighted by Gasteiger charge is -2.15. The Bertz CT molecular complexity index is 1300. The van der Waals surface area contributed by atoms with Gasteiger partial charge >= 0.3 is 0 Å². The van der Waals surface area contributed by atoms with Gasteiger partial charge < -0.3 is 15.8 Å².